The molecule has 2 fully saturated rings. The Morgan fingerprint density at radius 1 is 1.38 bits per heavy atom. The maximum atomic E-state index is 13.0. The average molecular weight is 350 g/mol. The average Bonchev–Trinajstić information content (AvgIpc) is 3.18. The molecule has 128 valence electrons. The van der Waals surface area contributed by atoms with E-state index >= 15 is 0 Å². The van der Waals surface area contributed by atoms with E-state index in [4.69, 9.17) is 25.5 Å². The van der Waals surface area contributed by atoms with Crippen LogP contribution in [0.3, 0.4) is 0 Å². The molecule has 1 saturated carbocycles. The molecule has 4 rings (SSSR count). The first-order valence-corrected chi connectivity index (χ1v) is 8.78. The summed E-state index contributed by atoms with van der Waals surface area (Å²) in [5.41, 5.74) is 0.672. The zero-order valence-corrected chi connectivity index (χ0v) is 14.3. The maximum absolute atomic E-state index is 13.0. The van der Waals surface area contributed by atoms with Crippen molar-refractivity contribution in [2.24, 2.45) is 0 Å². The van der Waals surface area contributed by atoms with Gasteiger partial charge in [-0.05, 0) is 44.0 Å². The van der Waals surface area contributed by atoms with E-state index < -0.39 is 0 Å². The molecule has 1 aliphatic carbocycles. The summed E-state index contributed by atoms with van der Waals surface area (Å²) in [6.45, 7) is 3.76. The molecule has 24 heavy (non-hydrogen) atoms. The summed E-state index contributed by atoms with van der Waals surface area (Å²) >= 11 is 6.01. The van der Waals surface area contributed by atoms with Gasteiger partial charge in [0, 0.05) is 23.6 Å². The van der Waals surface area contributed by atoms with Crippen LogP contribution >= 0.6 is 11.6 Å². The number of nitrogens with zero attached hydrogens (tertiary/aromatic N) is 1. The lowest BCUT2D eigenvalue weighted by Crippen LogP contribution is -2.53. The van der Waals surface area contributed by atoms with Crippen molar-refractivity contribution in [3.63, 3.8) is 0 Å². The molecule has 2 aromatic rings. The molecule has 1 aromatic heterocycles. The highest BCUT2D eigenvalue weighted by Crippen LogP contribution is 2.33. The molecule has 5 nitrogen and oxygen atoms in total. The third-order valence-corrected chi connectivity index (χ3v) is 5.10. The van der Waals surface area contributed by atoms with E-state index in [1.54, 1.807) is 24.3 Å². The van der Waals surface area contributed by atoms with Crippen molar-refractivity contribution in [2.45, 2.75) is 38.0 Å². The Balaban J connectivity index is 1.58. The minimum atomic E-state index is -0.0854. The normalized spacial score (nSPS) is 26.8. The van der Waals surface area contributed by atoms with Crippen molar-refractivity contribution in [1.82, 2.24) is 4.90 Å². The smallest absolute Gasteiger partial charge is 0.290 e. The second-order valence-corrected chi connectivity index (χ2v) is 6.70. The monoisotopic (exact) mass is 349 g/mol. The highest BCUT2D eigenvalue weighted by atomic mass is 35.5. The zero-order valence-electron chi connectivity index (χ0n) is 13.5. The lowest BCUT2D eigenvalue weighted by atomic mass is 10.1. The molecule has 1 saturated heterocycles. The molecule has 0 unspecified atom stereocenters. The summed E-state index contributed by atoms with van der Waals surface area (Å²) in [6, 6.07) is 7.18. The maximum Gasteiger partial charge on any atom is 0.290 e. The molecule has 1 aromatic carbocycles. The SMILES string of the molecule is CCO[C@@H]1CC[C@@H]2[C@@H]1OCCN2C(=O)c1cc2cc(Cl)ccc2o1. The molecule has 0 bridgehead atoms. The Morgan fingerprint density at radius 2 is 2.25 bits per heavy atom. The van der Waals surface area contributed by atoms with Crippen LogP contribution in [0.25, 0.3) is 11.0 Å². The summed E-state index contributed by atoms with van der Waals surface area (Å²) in [7, 11) is 0. The number of fused-ring (bicyclic) bond motifs is 2. The van der Waals surface area contributed by atoms with Crippen LogP contribution in [0.5, 0.6) is 0 Å². The van der Waals surface area contributed by atoms with E-state index in [2.05, 4.69) is 0 Å². The molecule has 2 aliphatic rings. The lowest BCUT2D eigenvalue weighted by molar-refractivity contribution is -0.103. The van der Waals surface area contributed by atoms with Crippen molar-refractivity contribution in [3.05, 3.63) is 35.0 Å². The number of ether oxygens (including phenoxy) is 2. The van der Waals surface area contributed by atoms with E-state index in [1.807, 2.05) is 11.8 Å². The lowest BCUT2D eigenvalue weighted by Gasteiger charge is -2.38. The summed E-state index contributed by atoms with van der Waals surface area (Å²) in [5.74, 6) is 0.269. The van der Waals surface area contributed by atoms with Crippen LogP contribution in [-0.4, -0.2) is 48.8 Å². The van der Waals surface area contributed by atoms with Gasteiger partial charge in [0.25, 0.3) is 5.91 Å². The highest BCUT2D eigenvalue weighted by molar-refractivity contribution is 6.31. The van der Waals surface area contributed by atoms with Crippen LogP contribution in [0, 0.1) is 0 Å². The molecular formula is C18H20ClNO4. The molecule has 0 radical (unpaired) electrons. The second kappa shape index (κ2) is 6.39. The predicted molar refractivity (Wildman–Crippen MR) is 90.4 cm³/mol. The van der Waals surface area contributed by atoms with Gasteiger partial charge in [-0.1, -0.05) is 11.6 Å². The van der Waals surface area contributed by atoms with Crippen molar-refractivity contribution in [1.29, 1.82) is 0 Å². The first kappa shape index (κ1) is 15.9. The fraction of sp³-hybridized carbons (Fsp3) is 0.500. The number of amides is 1. The topological polar surface area (TPSA) is 51.9 Å². The van der Waals surface area contributed by atoms with Crippen molar-refractivity contribution in [2.75, 3.05) is 19.8 Å². The number of morpholine rings is 1. The van der Waals surface area contributed by atoms with Crippen LogP contribution in [0.2, 0.25) is 5.02 Å². The first-order chi connectivity index (χ1) is 11.7. The molecule has 0 spiro atoms. The van der Waals surface area contributed by atoms with Gasteiger partial charge >= 0.3 is 0 Å². The predicted octanol–water partition coefficient (Wildman–Crippen LogP) is 3.49. The van der Waals surface area contributed by atoms with Gasteiger partial charge in [0.05, 0.1) is 18.8 Å². The number of carbonyl (C=O) groups excluding carboxylic acids is 1. The molecule has 1 amide bonds. The molecule has 2 heterocycles. The van der Waals surface area contributed by atoms with Gasteiger partial charge in [-0.25, -0.2) is 0 Å². The standard InChI is InChI=1S/C18H20ClNO4/c1-2-22-15-6-4-13-17(15)23-8-7-20(13)18(21)16-10-11-9-12(19)3-5-14(11)24-16/h3,5,9-10,13,15,17H,2,4,6-8H2,1H3/t13-,15-,17+/m1/s1. The summed E-state index contributed by atoms with van der Waals surface area (Å²) in [6.07, 6.45) is 1.85. The summed E-state index contributed by atoms with van der Waals surface area (Å²) in [5, 5.41) is 1.47. The Hall–Kier alpha value is -1.56. The van der Waals surface area contributed by atoms with Crippen LogP contribution in [-0.2, 0) is 9.47 Å². The quantitative estimate of drug-likeness (QED) is 0.851. The van der Waals surface area contributed by atoms with Gasteiger partial charge < -0.3 is 18.8 Å². The fourth-order valence-corrected chi connectivity index (χ4v) is 4.00. The molecule has 3 atom stereocenters. The Labute approximate surface area is 145 Å². The third-order valence-electron chi connectivity index (χ3n) is 4.87. The minimum absolute atomic E-state index is 0.0403. The molecule has 0 N–H and O–H groups in total. The fourth-order valence-electron chi connectivity index (χ4n) is 3.82. The first-order valence-electron chi connectivity index (χ1n) is 8.40. The van der Waals surface area contributed by atoms with E-state index in [0.717, 1.165) is 18.2 Å². The number of benzene rings is 1. The molecule has 6 heteroatoms. The van der Waals surface area contributed by atoms with Crippen molar-refractivity contribution >= 4 is 28.5 Å². The van der Waals surface area contributed by atoms with E-state index in [-0.39, 0.29) is 24.2 Å². The highest BCUT2D eigenvalue weighted by Gasteiger charge is 2.45. The third kappa shape index (κ3) is 2.70. The Bertz CT molecular complexity index is 759. The van der Waals surface area contributed by atoms with Crippen LogP contribution in [0.4, 0.5) is 0 Å². The number of halogens is 1. The number of carbonyl (C=O) groups is 1. The van der Waals surface area contributed by atoms with Gasteiger partial charge in [-0.3, -0.25) is 4.79 Å². The summed E-state index contributed by atoms with van der Waals surface area (Å²) < 4.78 is 17.4. The van der Waals surface area contributed by atoms with Crippen LogP contribution in [0.15, 0.2) is 28.7 Å². The van der Waals surface area contributed by atoms with Crippen LogP contribution < -0.4 is 0 Å². The van der Waals surface area contributed by atoms with E-state index in [1.165, 1.54) is 0 Å². The molecular weight excluding hydrogens is 330 g/mol. The van der Waals surface area contributed by atoms with Gasteiger partial charge in [0.15, 0.2) is 5.76 Å². The number of hydrogen-bond donors (Lipinski definition) is 0. The minimum Gasteiger partial charge on any atom is -0.451 e. The Morgan fingerprint density at radius 3 is 3.08 bits per heavy atom. The van der Waals surface area contributed by atoms with E-state index in [9.17, 15) is 4.79 Å². The number of furan rings is 1. The molecule has 1 aliphatic heterocycles. The van der Waals surface area contributed by atoms with Crippen LogP contribution in [0.1, 0.15) is 30.3 Å². The van der Waals surface area contributed by atoms with E-state index in [0.29, 0.717) is 36.1 Å². The summed E-state index contributed by atoms with van der Waals surface area (Å²) in [4.78, 5) is 14.8. The van der Waals surface area contributed by atoms with Gasteiger partial charge in [0.2, 0.25) is 0 Å². The van der Waals surface area contributed by atoms with Gasteiger partial charge in [-0.15, -0.1) is 0 Å². The van der Waals surface area contributed by atoms with Gasteiger partial charge in [0.1, 0.15) is 11.7 Å². The van der Waals surface area contributed by atoms with Crippen molar-refractivity contribution in [3.8, 4) is 0 Å². The van der Waals surface area contributed by atoms with Crippen molar-refractivity contribution < 1.29 is 18.7 Å². The Kier molecular flexibility index (Phi) is 4.24. The largest absolute Gasteiger partial charge is 0.451 e. The second-order valence-electron chi connectivity index (χ2n) is 6.27. The zero-order chi connectivity index (χ0) is 16.7. The van der Waals surface area contributed by atoms with Gasteiger partial charge in [-0.2, -0.15) is 0 Å². The number of rotatable bonds is 3. The number of hydrogen-bond acceptors (Lipinski definition) is 4.